The van der Waals surface area contributed by atoms with Crippen molar-refractivity contribution in [2.45, 2.75) is 32.3 Å². The lowest BCUT2D eigenvalue weighted by atomic mass is 10.1. The number of hydrogen-bond donors (Lipinski definition) is 2. The fourth-order valence-corrected chi connectivity index (χ4v) is 4.47. The lowest BCUT2D eigenvalue weighted by Gasteiger charge is -2.27. The third-order valence-corrected chi connectivity index (χ3v) is 7.02. The predicted molar refractivity (Wildman–Crippen MR) is 139 cm³/mol. The molecule has 1 unspecified atom stereocenters. The van der Waals surface area contributed by atoms with Gasteiger partial charge in [-0.2, -0.15) is 8.42 Å². The molecule has 2 amide bonds. The molecule has 3 rings (SSSR count). The Kier molecular flexibility index (Phi) is 9.54. The van der Waals surface area contributed by atoms with Crippen molar-refractivity contribution < 1.29 is 32.2 Å². The number of methoxy groups -OCH3 is 2. The van der Waals surface area contributed by atoms with Crippen LogP contribution in [0.3, 0.4) is 0 Å². The number of carbonyl (C=O) groups is 2. The van der Waals surface area contributed by atoms with Crippen molar-refractivity contribution in [3.8, 4) is 11.5 Å². The van der Waals surface area contributed by atoms with Gasteiger partial charge in [-0.05, 0) is 43.5 Å². The number of ether oxygens (including phenoxy) is 3. The summed E-state index contributed by atoms with van der Waals surface area (Å²) in [5.41, 5.74) is 2.35. The highest BCUT2D eigenvalue weighted by atomic mass is 32.2. The molecular formula is C26H33N3O7S. The summed E-state index contributed by atoms with van der Waals surface area (Å²) < 4.78 is 43.8. The van der Waals surface area contributed by atoms with Crippen molar-refractivity contribution in [1.29, 1.82) is 0 Å². The molecule has 1 aliphatic rings. The normalized spacial score (nSPS) is 14.9. The smallest absolute Gasteiger partial charge is 0.301 e. The highest BCUT2D eigenvalue weighted by molar-refractivity contribution is 7.88. The molecule has 0 radical (unpaired) electrons. The van der Waals surface area contributed by atoms with Gasteiger partial charge < -0.3 is 19.1 Å². The van der Waals surface area contributed by atoms with E-state index in [9.17, 15) is 18.0 Å². The summed E-state index contributed by atoms with van der Waals surface area (Å²) in [5.74, 6) is -0.124. The third-order valence-electron chi connectivity index (χ3n) is 6.03. The minimum Gasteiger partial charge on any atom is -0.496 e. The largest absolute Gasteiger partial charge is 0.496 e. The molecular weight excluding hydrogens is 498 g/mol. The lowest BCUT2D eigenvalue weighted by molar-refractivity contribution is -0.119. The van der Waals surface area contributed by atoms with Gasteiger partial charge in [0.25, 0.3) is 11.8 Å². The molecule has 0 fully saturated rings. The van der Waals surface area contributed by atoms with Gasteiger partial charge in [-0.15, -0.1) is 0 Å². The second-order valence-corrected chi connectivity index (χ2v) is 10.1. The minimum absolute atomic E-state index is 0.0980. The van der Waals surface area contributed by atoms with Crippen molar-refractivity contribution in [1.82, 2.24) is 14.3 Å². The van der Waals surface area contributed by atoms with Crippen molar-refractivity contribution in [2.24, 2.45) is 0 Å². The standard InChI is InChI=1S/C26H33N3O7S/c1-18-23(34-3)15-20(16-24(18)35-4)26(31)29(14-8-11-19-9-6-5-7-10-19)17-21-12-13-22(36-21)25(30)28-37(32,33)27-2/h5-7,9-10,13,15-16,21,27H,8,11-12,14,17H2,1-4H3,(H,28,30). The summed E-state index contributed by atoms with van der Waals surface area (Å²) in [6.07, 6.45) is 2.86. The Morgan fingerprint density at radius 2 is 1.76 bits per heavy atom. The van der Waals surface area contributed by atoms with E-state index < -0.39 is 22.2 Å². The van der Waals surface area contributed by atoms with Crippen LogP contribution >= 0.6 is 0 Å². The van der Waals surface area contributed by atoms with E-state index in [-0.39, 0.29) is 18.2 Å². The first-order valence-electron chi connectivity index (χ1n) is 11.9. The summed E-state index contributed by atoms with van der Waals surface area (Å²) in [6, 6.07) is 13.3. The van der Waals surface area contributed by atoms with Crippen LogP contribution in [-0.2, 0) is 26.2 Å². The number of hydrogen-bond acceptors (Lipinski definition) is 7. The molecule has 0 bridgehead atoms. The van der Waals surface area contributed by atoms with Gasteiger partial charge in [0.15, 0.2) is 5.76 Å². The molecule has 200 valence electrons. The molecule has 2 aromatic rings. The van der Waals surface area contributed by atoms with Gasteiger partial charge in [-0.3, -0.25) is 9.59 Å². The molecule has 0 aliphatic carbocycles. The molecule has 0 spiro atoms. The summed E-state index contributed by atoms with van der Waals surface area (Å²) in [5, 5.41) is 0. The van der Waals surface area contributed by atoms with Crippen LogP contribution in [0.5, 0.6) is 11.5 Å². The van der Waals surface area contributed by atoms with E-state index in [0.717, 1.165) is 17.5 Å². The number of nitrogens with one attached hydrogen (secondary N) is 2. The highest BCUT2D eigenvalue weighted by Crippen LogP contribution is 2.30. The fraction of sp³-hybridized carbons (Fsp3) is 0.385. The van der Waals surface area contributed by atoms with Gasteiger partial charge in [0.1, 0.15) is 17.6 Å². The lowest BCUT2D eigenvalue weighted by Crippen LogP contribution is -2.40. The third kappa shape index (κ3) is 7.46. The SMILES string of the molecule is CNS(=O)(=O)NC(=O)C1=CCC(CN(CCCc2ccccc2)C(=O)c2cc(OC)c(C)c(OC)c2)O1. The maximum atomic E-state index is 13.6. The van der Waals surface area contributed by atoms with E-state index in [1.165, 1.54) is 27.3 Å². The topological polar surface area (TPSA) is 123 Å². The van der Waals surface area contributed by atoms with E-state index in [1.54, 1.807) is 17.0 Å². The van der Waals surface area contributed by atoms with Crippen molar-refractivity contribution in [3.05, 3.63) is 71.0 Å². The molecule has 11 heteroatoms. The first-order valence-corrected chi connectivity index (χ1v) is 13.3. The van der Waals surface area contributed by atoms with E-state index in [4.69, 9.17) is 14.2 Å². The van der Waals surface area contributed by atoms with Crippen LogP contribution < -0.4 is 18.9 Å². The van der Waals surface area contributed by atoms with E-state index >= 15 is 0 Å². The van der Waals surface area contributed by atoms with Gasteiger partial charge >= 0.3 is 10.2 Å². The number of aryl methyl sites for hydroxylation is 1. The van der Waals surface area contributed by atoms with Crippen LogP contribution in [0.25, 0.3) is 0 Å². The Morgan fingerprint density at radius 3 is 2.35 bits per heavy atom. The Labute approximate surface area is 217 Å². The Bertz CT molecular complexity index is 1220. The van der Waals surface area contributed by atoms with Crippen molar-refractivity contribution in [2.75, 3.05) is 34.4 Å². The molecule has 1 heterocycles. The van der Waals surface area contributed by atoms with Gasteiger partial charge in [-0.25, -0.2) is 9.44 Å². The Balaban J connectivity index is 1.75. The summed E-state index contributed by atoms with van der Waals surface area (Å²) >= 11 is 0. The van der Waals surface area contributed by atoms with Crippen LogP contribution in [0.1, 0.15) is 34.3 Å². The summed E-state index contributed by atoms with van der Waals surface area (Å²) in [4.78, 5) is 27.6. The van der Waals surface area contributed by atoms with Crippen molar-refractivity contribution in [3.63, 3.8) is 0 Å². The van der Waals surface area contributed by atoms with Crippen molar-refractivity contribution >= 4 is 22.0 Å². The van der Waals surface area contributed by atoms with Crippen LogP contribution in [0.2, 0.25) is 0 Å². The monoisotopic (exact) mass is 531 g/mol. The molecule has 10 nitrogen and oxygen atoms in total. The van der Waals surface area contributed by atoms with Crippen LogP contribution in [0.4, 0.5) is 0 Å². The molecule has 0 aromatic heterocycles. The second-order valence-electron chi connectivity index (χ2n) is 8.53. The highest BCUT2D eigenvalue weighted by Gasteiger charge is 2.29. The van der Waals surface area contributed by atoms with Crippen LogP contribution in [-0.4, -0.2) is 65.6 Å². The molecule has 0 saturated heterocycles. The number of carbonyl (C=O) groups excluding carboxylic acids is 2. The molecule has 37 heavy (non-hydrogen) atoms. The van der Waals surface area contributed by atoms with E-state index in [0.29, 0.717) is 36.4 Å². The zero-order chi connectivity index (χ0) is 27.0. The number of nitrogens with zero attached hydrogens (tertiary/aromatic N) is 1. The number of amides is 2. The first-order chi connectivity index (χ1) is 17.7. The molecule has 1 aliphatic heterocycles. The maximum Gasteiger partial charge on any atom is 0.301 e. The molecule has 0 saturated carbocycles. The zero-order valence-electron chi connectivity index (χ0n) is 21.4. The van der Waals surface area contributed by atoms with Gasteiger partial charge in [0, 0.05) is 31.1 Å². The number of rotatable bonds is 12. The minimum atomic E-state index is -3.96. The average molecular weight is 532 g/mol. The fourth-order valence-electron chi connectivity index (χ4n) is 4.03. The van der Waals surface area contributed by atoms with E-state index in [2.05, 4.69) is 0 Å². The second kappa shape index (κ2) is 12.6. The Morgan fingerprint density at radius 1 is 1.11 bits per heavy atom. The van der Waals surface area contributed by atoms with Gasteiger partial charge in [-0.1, -0.05) is 30.3 Å². The molecule has 1 atom stereocenters. The van der Waals surface area contributed by atoms with Gasteiger partial charge in [0.2, 0.25) is 0 Å². The predicted octanol–water partition coefficient (Wildman–Crippen LogP) is 2.34. The summed E-state index contributed by atoms with van der Waals surface area (Å²) in [7, 11) is 0.299. The Hall–Kier alpha value is -3.57. The molecule has 2 aromatic carbocycles. The maximum absolute atomic E-state index is 13.6. The van der Waals surface area contributed by atoms with Crippen LogP contribution in [0, 0.1) is 6.92 Å². The number of benzene rings is 2. The average Bonchev–Trinajstić information content (AvgIpc) is 3.37. The van der Waals surface area contributed by atoms with Gasteiger partial charge in [0.05, 0.1) is 20.8 Å². The quantitative estimate of drug-likeness (QED) is 0.431. The molecule has 2 N–H and O–H groups in total. The van der Waals surface area contributed by atoms with Crippen LogP contribution in [0.15, 0.2) is 54.3 Å². The van der Waals surface area contributed by atoms with E-state index in [1.807, 2.05) is 46.7 Å². The summed E-state index contributed by atoms with van der Waals surface area (Å²) in [6.45, 7) is 2.50. The first kappa shape index (κ1) is 28.0. The zero-order valence-corrected chi connectivity index (χ0v) is 22.3.